The van der Waals surface area contributed by atoms with Gasteiger partial charge in [0.25, 0.3) is 0 Å². The number of rotatable bonds is 3. The molecule has 18 heavy (non-hydrogen) atoms. The molecule has 0 amide bonds. The monoisotopic (exact) mass is 308 g/mol. The third kappa shape index (κ3) is 2.72. The van der Waals surface area contributed by atoms with E-state index in [4.69, 9.17) is 44.3 Å². The molecule has 1 fully saturated rings. The fourth-order valence-electron chi connectivity index (χ4n) is 2.27. The topological polar surface area (TPSA) is 18.5 Å². The minimum Gasteiger partial charge on any atom is -0.495 e. The number of hydrogen-bond acceptors (Lipinski definition) is 2. The molecule has 1 aromatic carbocycles. The Morgan fingerprint density at radius 1 is 1.33 bits per heavy atom. The van der Waals surface area contributed by atoms with E-state index in [0.717, 1.165) is 18.6 Å². The Kier molecular flexibility index (Phi) is 4.65. The molecule has 0 spiro atoms. The first-order chi connectivity index (χ1) is 8.54. The van der Waals surface area contributed by atoms with Crippen LogP contribution in [0.15, 0.2) is 12.1 Å². The first kappa shape index (κ1) is 14.3. The van der Waals surface area contributed by atoms with Crippen molar-refractivity contribution in [3.05, 3.63) is 27.7 Å². The normalized spacial score (nSPS) is 25.2. The van der Waals surface area contributed by atoms with E-state index in [9.17, 15) is 0 Å². The van der Waals surface area contributed by atoms with Gasteiger partial charge in [-0.25, -0.2) is 0 Å². The van der Waals surface area contributed by atoms with Crippen molar-refractivity contribution in [1.82, 2.24) is 0 Å². The molecule has 1 aliphatic rings. The van der Waals surface area contributed by atoms with Gasteiger partial charge in [0.15, 0.2) is 0 Å². The van der Waals surface area contributed by atoms with Gasteiger partial charge in [-0.05, 0) is 25.0 Å². The molecule has 2 nitrogen and oxygen atoms in total. The summed E-state index contributed by atoms with van der Waals surface area (Å²) in [6.45, 7) is 2.78. The number of methoxy groups -OCH3 is 1. The number of benzene rings is 1. The minimum absolute atomic E-state index is 0.143. The Labute approximate surface area is 122 Å². The molecule has 0 N–H and O–H groups in total. The molecule has 2 rings (SSSR count). The molecule has 3 unspecified atom stereocenters. The number of ether oxygens (including phenoxy) is 2. The van der Waals surface area contributed by atoms with Gasteiger partial charge < -0.3 is 9.47 Å². The Morgan fingerprint density at radius 3 is 2.61 bits per heavy atom. The van der Waals surface area contributed by atoms with E-state index in [2.05, 4.69) is 0 Å². The lowest BCUT2D eigenvalue weighted by molar-refractivity contribution is 0.105. The van der Waals surface area contributed by atoms with E-state index in [0.29, 0.717) is 15.8 Å². The molecule has 5 heteroatoms. The van der Waals surface area contributed by atoms with Crippen molar-refractivity contribution in [3.8, 4) is 5.75 Å². The second-order valence-corrected chi connectivity index (χ2v) is 5.72. The molecule has 1 aliphatic heterocycles. The summed E-state index contributed by atoms with van der Waals surface area (Å²) in [7, 11) is 1.56. The summed E-state index contributed by atoms with van der Waals surface area (Å²) >= 11 is 18.9. The molecular weight excluding hydrogens is 294 g/mol. The zero-order valence-electron chi connectivity index (χ0n) is 10.3. The quantitative estimate of drug-likeness (QED) is 0.753. The fourth-order valence-corrected chi connectivity index (χ4v) is 3.36. The maximum atomic E-state index is 6.52. The van der Waals surface area contributed by atoms with Crippen LogP contribution in [-0.2, 0) is 4.74 Å². The molecule has 0 radical (unpaired) electrons. The first-order valence-electron chi connectivity index (χ1n) is 5.83. The van der Waals surface area contributed by atoms with Crippen molar-refractivity contribution in [3.63, 3.8) is 0 Å². The zero-order chi connectivity index (χ0) is 13.3. The van der Waals surface area contributed by atoms with E-state index >= 15 is 0 Å². The standard InChI is InChI=1S/C13H15Cl3O2/c1-7-8(3-4-18-7)13(16)9-5-11(15)12(17-2)6-10(9)14/h5-8,13H,3-4H2,1-2H3. The lowest BCUT2D eigenvalue weighted by Crippen LogP contribution is -2.16. The van der Waals surface area contributed by atoms with Gasteiger partial charge in [-0.15, -0.1) is 11.6 Å². The maximum Gasteiger partial charge on any atom is 0.138 e. The summed E-state index contributed by atoms with van der Waals surface area (Å²) in [5.74, 6) is 0.818. The van der Waals surface area contributed by atoms with E-state index < -0.39 is 0 Å². The molecule has 0 aromatic heterocycles. The second kappa shape index (κ2) is 5.87. The van der Waals surface area contributed by atoms with Crippen molar-refractivity contribution in [2.75, 3.05) is 13.7 Å². The Hall–Kier alpha value is -0.150. The average molecular weight is 310 g/mol. The summed E-state index contributed by atoms with van der Waals surface area (Å²) in [4.78, 5) is 0. The van der Waals surface area contributed by atoms with Gasteiger partial charge in [-0.2, -0.15) is 0 Å². The van der Waals surface area contributed by atoms with Crippen LogP contribution >= 0.6 is 34.8 Å². The van der Waals surface area contributed by atoms with Gasteiger partial charge >= 0.3 is 0 Å². The van der Waals surface area contributed by atoms with E-state index in [1.807, 2.05) is 6.92 Å². The summed E-state index contributed by atoms with van der Waals surface area (Å²) in [6.07, 6.45) is 1.08. The van der Waals surface area contributed by atoms with Crippen molar-refractivity contribution in [2.24, 2.45) is 5.92 Å². The van der Waals surface area contributed by atoms with Crippen molar-refractivity contribution < 1.29 is 9.47 Å². The molecular formula is C13H15Cl3O2. The molecule has 100 valence electrons. The lowest BCUT2D eigenvalue weighted by atomic mass is 9.93. The summed E-state index contributed by atoms with van der Waals surface area (Å²) in [5.41, 5.74) is 0.839. The van der Waals surface area contributed by atoms with Crippen LogP contribution in [0.5, 0.6) is 5.75 Å². The maximum absolute atomic E-state index is 6.52. The third-order valence-electron chi connectivity index (χ3n) is 3.38. The van der Waals surface area contributed by atoms with Gasteiger partial charge in [0.1, 0.15) is 5.75 Å². The predicted molar refractivity (Wildman–Crippen MR) is 75.1 cm³/mol. The third-order valence-corrected chi connectivity index (χ3v) is 4.56. The SMILES string of the molecule is COc1cc(Cl)c(C(Cl)C2CCOC2C)cc1Cl. The highest BCUT2D eigenvalue weighted by Gasteiger charge is 2.33. The predicted octanol–water partition coefficient (Wildman–Crippen LogP) is 4.71. The molecule has 1 saturated heterocycles. The van der Waals surface area contributed by atoms with Crippen molar-refractivity contribution in [1.29, 1.82) is 0 Å². The summed E-state index contributed by atoms with van der Waals surface area (Å²) in [6, 6.07) is 3.49. The highest BCUT2D eigenvalue weighted by Crippen LogP contribution is 2.43. The van der Waals surface area contributed by atoms with Crippen molar-refractivity contribution in [2.45, 2.75) is 24.8 Å². The molecule has 1 heterocycles. The van der Waals surface area contributed by atoms with E-state index in [-0.39, 0.29) is 17.4 Å². The van der Waals surface area contributed by atoms with Gasteiger partial charge in [0, 0.05) is 23.6 Å². The minimum atomic E-state index is -0.196. The average Bonchev–Trinajstić information content (AvgIpc) is 2.77. The number of alkyl halides is 1. The van der Waals surface area contributed by atoms with Crippen LogP contribution in [-0.4, -0.2) is 19.8 Å². The second-order valence-electron chi connectivity index (χ2n) is 4.44. The van der Waals surface area contributed by atoms with Crippen LogP contribution < -0.4 is 4.74 Å². The zero-order valence-corrected chi connectivity index (χ0v) is 12.5. The van der Waals surface area contributed by atoms with E-state index in [1.54, 1.807) is 19.2 Å². The smallest absolute Gasteiger partial charge is 0.138 e. The highest BCUT2D eigenvalue weighted by molar-refractivity contribution is 6.35. The molecule has 1 aromatic rings. The molecule has 0 bridgehead atoms. The van der Waals surface area contributed by atoms with Gasteiger partial charge in [-0.3, -0.25) is 0 Å². The summed E-state index contributed by atoms with van der Waals surface area (Å²) < 4.78 is 10.7. The van der Waals surface area contributed by atoms with Gasteiger partial charge in [0.2, 0.25) is 0 Å². The van der Waals surface area contributed by atoms with Gasteiger partial charge in [-0.1, -0.05) is 23.2 Å². The molecule has 3 atom stereocenters. The molecule has 0 saturated carbocycles. The summed E-state index contributed by atoms with van der Waals surface area (Å²) in [5, 5.41) is 0.905. The Morgan fingerprint density at radius 2 is 2.06 bits per heavy atom. The number of halogens is 3. The van der Waals surface area contributed by atoms with Crippen LogP contribution in [0.3, 0.4) is 0 Å². The highest BCUT2D eigenvalue weighted by atomic mass is 35.5. The van der Waals surface area contributed by atoms with Crippen LogP contribution in [0.2, 0.25) is 10.0 Å². The Balaban J connectivity index is 2.30. The Bertz CT molecular complexity index is 436. The molecule has 0 aliphatic carbocycles. The number of hydrogen-bond donors (Lipinski definition) is 0. The van der Waals surface area contributed by atoms with Crippen LogP contribution in [0, 0.1) is 5.92 Å². The van der Waals surface area contributed by atoms with Crippen LogP contribution in [0.1, 0.15) is 24.3 Å². The van der Waals surface area contributed by atoms with Gasteiger partial charge in [0.05, 0.1) is 23.6 Å². The van der Waals surface area contributed by atoms with Crippen molar-refractivity contribution >= 4 is 34.8 Å². The lowest BCUT2D eigenvalue weighted by Gasteiger charge is -2.22. The first-order valence-corrected chi connectivity index (χ1v) is 7.02. The van der Waals surface area contributed by atoms with E-state index in [1.165, 1.54) is 0 Å². The van der Waals surface area contributed by atoms with Crippen LogP contribution in [0.25, 0.3) is 0 Å². The largest absolute Gasteiger partial charge is 0.495 e. The fraction of sp³-hybridized carbons (Fsp3) is 0.538. The van der Waals surface area contributed by atoms with Crippen LogP contribution in [0.4, 0.5) is 0 Å².